The summed E-state index contributed by atoms with van der Waals surface area (Å²) >= 11 is 0. The van der Waals surface area contributed by atoms with Crippen molar-refractivity contribution in [2.24, 2.45) is 0 Å². The number of carbonyl (C=O) groups is 2. The van der Waals surface area contributed by atoms with Crippen molar-refractivity contribution >= 4 is 12.1 Å². The maximum atomic E-state index is 12.2. The molecule has 8 heteroatoms. The zero-order valence-corrected chi connectivity index (χ0v) is 23.9. The molecule has 1 N–H and O–H groups in total. The third kappa shape index (κ3) is 11.3. The summed E-state index contributed by atoms with van der Waals surface area (Å²) in [7, 11) is 0. The minimum Gasteiger partial charge on any atom is -0.463 e. The van der Waals surface area contributed by atoms with Gasteiger partial charge in [0.2, 0.25) is 0 Å². The van der Waals surface area contributed by atoms with Crippen molar-refractivity contribution in [3.05, 3.63) is 59.7 Å². The lowest BCUT2D eigenvalue weighted by molar-refractivity contribution is -0.145. The number of amides is 1. The number of fused-ring (bicyclic) bond motifs is 3. The van der Waals surface area contributed by atoms with Crippen LogP contribution in [-0.4, -0.2) is 71.5 Å². The molecule has 3 rings (SSSR count). The maximum absolute atomic E-state index is 12.2. The first-order chi connectivity index (χ1) is 19.7. The predicted molar refractivity (Wildman–Crippen MR) is 154 cm³/mol. The molecule has 1 aliphatic rings. The topological polar surface area (TPSA) is 92.3 Å². The van der Waals surface area contributed by atoms with Crippen LogP contribution in [0.1, 0.15) is 68.9 Å². The van der Waals surface area contributed by atoms with Crippen molar-refractivity contribution in [2.45, 2.75) is 57.8 Å². The van der Waals surface area contributed by atoms with Crippen LogP contribution >= 0.6 is 0 Å². The molecular formula is C32H45NO7. The molecule has 0 saturated carbocycles. The Kier molecular flexibility index (Phi) is 15.2. The monoisotopic (exact) mass is 555 g/mol. The highest BCUT2D eigenvalue weighted by molar-refractivity contribution is 5.79. The van der Waals surface area contributed by atoms with Gasteiger partial charge in [0.15, 0.2) is 0 Å². The van der Waals surface area contributed by atoms with Crippen LogP contribution in [0.2, 0.25) is 0 Å². The highest BCUT2D eigenvalue weighted by Crippen LogP contribution is 2.44. The van der Waals surface area contributed by atoms with Crippen molar-refractivity contribution < 1.29 is 33.3 Å². The van der Waals surface area contributed by atoms with E-state index in [9.17, 15) is 9.59 Å². The van der Waals surface area contributed by atoms with Gasteiger partial charge in [-0.3, -0.25) is 4.79 Å². The lowest BCUT2D eigenvalue weighted by Crippen LogP contribution is -2.29. The normalized spacial score (nSPS) is 12.1. The molecule has 0 spiro atoms. The molecule has 0 bridgehead atoms. The Morgan fingerprint density at radius 2 is 1.23 bits per heavy atom. The second-order valence-electron chi connectivity index (χ2n) is 9.83. The first-order valence-electron chi connectivity index (χ1n) is 14.7. The highest BCUT2D eigenvalue weighted by atomic mass is 16.6. The first-order valence-corrected chi connectivity index (χ1v) is 14.7. The van der Waals surface area contributed by atoms with E-state index >= 15 is 0 Å². The van der Waals surface area contributed by atoms with Gasteiger partial charge in [0.1, 0.15) is 13.2 Å². The van der Waals surface area contributed by atoms with Crippen molar-refractivity contribution in [3.63, 3.8) is 0 Å². The third-order valence-electron chi connectivity index (χ3n) is 6.83. The fraction of sp³-hybridized carbons (Fsp3) is 0.562. The SMILES string of the molecule is CCCCCCCCC(=O)OCCOCCOCCOCCNC(=O)OCC1c2ccccc2-c2ccccc21. The summed E-state index contributed by atoms with van der Waals surface area (Å²) in [5, 5.41) is 2.73. The number of rotatable bonds is 21. The van der Waals surface area contributed by atoms with Gasteiger partial charge in [-0.15, -0.1) is 0 Å². The molecular weight excluding hydrogens is 510 g/mol. The molecule has 2 aromatic carbocycles. The molecule has 0 aromatic heterocycles. The van der Waals surface area contributed by atoms with Crippen LogP contribution in [0.5, 0.6) is 0 Å². The van der Waals surface area contributed by atoms with Gasteiger partial charge >= 0.3 is 12.1 Å². The highest BCUT2D eigenvalue weighted by Gasteiger charge is 2.28. The summed E-state index contributed by atoms with van der Waals surface area (Å²) in [5.41, 5.74) is 4.78. The number of nitrogens with one attached hydrogen (secondary N) is 1. The molecule has 0 heterocycles. The summed E-state index contributed by atoms with van der Waals surface area (Å²) in [6, 6.07) is 16.5. The molecule has 8 nitrogen and oxygen atoms in total. The van der Waals surface area contributed by atoms with Crippen LogP contribution in [0.3, 0.4) is 0 Å². The van der Waals surface area contributed by atoms with E-state index < -0.39 is 6.09 Å². The Morgan fingerprint density at radius 1 is 0.675 bits per heavy atom. The van der Waals surface area contributed by atoms with E-state index in [1.54, 1.807) is 0 Å². The Balaban J connectivity index is 1.10. The second kappa shape index (κ2) is 19.2. The minimum absolute atomic E-state index is 0.0421. The van der Waals surface area contributed by atoms with Gasteiger partial charge in [-0.2, -0.15) is 0 Å². The smallest absolute Gasteiger partial charge is 0.407 e. The first kappa shape index (κ1) is 31.6. The minimum atomic E-state index is -0.452. The van der Waals surface area contributed by atoms with E-state index in [0.717, 1.165) is 12.8 Å². The molecule has 0 unspecified atom stereocenters. The number of hydrogen-bond acceptors (Lipinski definition) is 7. The average molecular weight is 556 g/mol. The third-order valence-corrected chi connectivity index (χ3v) is 6.83. The maximum Gasteiger partial charge on any atom is 0.407 e. The van der Waals surface area contributed by atoms with Gasteiger partial charge in [-0.05, 0) is 28.7 Å². The van der Waals surface area contributed by atoms with Crippen LogP contribution in [-0.2, 0) is 28.5 Å². The molecule has 220 valence electrons. The average Bonchev–Trinajstić information content (AvgIpc) is 3.29. The lowest BCUT2D eigenvalue weighted by Gasteiger charge is -2.14. The summed E-state index contributed by atoms with van der Waals surface area (Å²) in [5.74, 6) is -0.110. The molecule has 40 heavy (non-hydrogen) atoms. The van der Waals surface area contributed by atoms with Crippen LogP contribution in [0.15, 0.2) is 48.5 Å². The number of esters is 1. The van der Waals surface area contributed by atoms with Crippen molar-refractivity contribution in [1.29, 1.82) is 0 Å². The molecule has 0 aliphatic heterocycles. The second-order valence-corrected chi connectivity index (χ2v) is 9.83. The van der Waals surface area contributed by atoms with E-state index in [-0.39, 0.29) is 25.1 Å². The van der Waals surface area contributed by atoms with Crippen LogP contribution in [0, 0.1) is 0 Å². The van der Waals surface area contributed by atoms with Crippen molar-refractivity contribution in [1.82, 2.24) is 5.32 Å². The quantitative estimate of drug-likeness (QED) is 0.152. The molecule has 0 atom stereocenters. The fourth-order valence-corrected chi connectivity index (χ4v) is 4.75. The standard InChI is InChI=1S/C32H45NO7/c1-2-3-4-5-6-7-16-31(34)39-24-23-38-22-21-37-20-19-36-18-17-33-32(35)40-25-30-28-14-10-8-12-26(28)27-13-9-11-15-29(27)30/h8-15,30H,2-7,16-25H2,1H3,(H,33,35). The van der Waals surface area contributed by atoms with Gasteiger partial charge in [-0.25, -0.2) is 4.79 Å². The van der Waals surface area contributed by atoms with E-state index in [1.807, 2.05) is 24.3 Å². The van der Waals surface area contributed by atoms with Gasteiger partial charge in [0, 0.05) is 18.9 Å². The van der Waals surface area contributed by atoms with E-state index in [2.05, 4.69) is 36.5 Å². The van der Waals surface area contributed by atoms with Gasteiger partial charge in [0.25, 0.3) is 0 Å². The van der Waals surface area contributed by atoms with Crippen LogP contribution < -0.4 is 5.32 Å². The fourth-order valence-electron chi connectivity index (χ4n) is 4.75. The van der Waals surface area contributed by atoms with Crippen molar-refractivity contribution in [3.8, 4) is 11.1 Å². The molecule has 0 fully saturated rings. The van der Waals surface area contributed by atoms with E-state index in [0.29, 0.717) is 52.6 Å². The molecule has 0 saturated heterocycles. The molecule has 0 radical (unpaired) electrons. The number of benzene rings is 2. The molecule has 1 aliphatic carbocycles. The largest absolute Gasteiger partial charge is 0.463 e. The zero-order valence-electron chi connectivity index (χ0n) is 23.9. The Labute approximate surface area is 238 Å². The predicted octanol–water partition coefficient (Wildman–Crippen LogP) is 5.87. The van der Waals surface area contributed by atoms with Gasteiger partial charge in [-0.1, -0.05) is 87.6 Å². The number of ether oxygens (including phenoxy) is 5. The summed E-state index contributed by atoms with van der Waals surface area (Å²) in [6.07, 6.45) is 6.94. The van der Waals surface area contributed by atoms with Gasteiger partial charge in [0.05, 0.1) is 39.6 Å². The van der Waals surface area contributed by atoms with Crippen LogP contribution in [0.25, 0.3) is 11.1 Å². The summed E-state index contributed by atoms with van der Waals surface area (Å²) in [6.45, 7) is 5.57. The Hall–Kier alpha value is -2.94. The van der Waals surface area contributed by atoms with Gasteiger partial charge < -0.3 is 29.0 Å². The van der Waals surface area contributed by atoms with E-state index in [4.69, 9.17) is 23.7 Å². The molecule has 2 aromatic rings. The molecule has 1 amide bonds. The number of carbonyl (C=O) groups excluding carboxylic acids is 2. The number of hydrogen-bond donors (Lipinski definition) is 1. The number of unbranched alkanes of at least 4 members (excludes halogenated alkanes) is 5. The number of alkyl carbamates (subject to hydrolysis) is 1. The lowest BCUT2D eigenvalue weighted by atomic mass is 9.98. The Bertz CT molecular complexity index is 967. The summed E-state index contributed by atoms with van der Waals surface area (Å²) < 4.78 is 27.1. The summed E-state index contributed by atoms with van der Waals surface area (Å²) in [4.78, 5) is 23.9. The van der Waals surface area contributed by atoms with E-state index in [1.165, 1.54) is 47.9 Å². The Morgan fingerprint density at radius 3 is 1.88 bits per heavy atom. The van der Waals surface area contributed by atoms with Crippen LogP contribution in [0.4, 0.5) is 4.79 Å². The zero-order chi connectivity index (χ0) is 28.3. The van der Waals surface area contributed by atoms with Crippen molar-refractivity contribution in [2.75, 3.05) is 59.4 Å².